The van der Waals surface area contributed by atoms with Gasteiger partial charge in [-0.2, -0.15) is 0 Å². The molecule has 0 aliphatic carbocycles. The largest absolute Gasteiger partial charge is 1.00 e. The van der Waals surface area contributed by atoms with Crippen LogP contribution in [0, 0.1) is 0 Å². The highest BCUT2D eigenvalue weighted by molar-refractivity contribution is 5.69. The smallest absolute Gasteiger partial charge is 0.305 e. The molecule has 194 valence electrons. The summed E-state index contributed by atoms with van der Waals surface area (Å²) in [5.41, 5.74) is 0. The minimum absolute atomic E-state index is 0. The lowest BCUT2D eigenvalue weighted by atomic mass is 10.1. The van der Waals surface area contributed by atoms with E-state index >= 15 is 0 Å². The molecule has 0 rings (SSSR count). The van der Waals surface area contributed by atoms with Crippen molar-refractivity contribution in [2.24, 2.45) is 0 Å². The molecule has 6 nitrogen and oxygen atoms in total. The first-order chi connectivity index (χ1) is 15.0. The molecule has 32 heavy (non-hydrogen) atoms. The van der Waals surface area contributed by atoms with Crippen LogP contribution in [-0.2, 0) is 23.7 Å². The molecule has 7 heteroatoms. The zero-order valence-electron chi connectivity index (χ0n) is 21.5. The van der Waals surface area contributed by atoms with Crippen molar-refractivity contribution >= 4 is 5.97 Å². The quantitative estimate of drug-likeness (QED) is 0.109. The number of carbonyl (C=O) groups is 1. The Kier molecular flexibility index (Phi) is 27.0. The monoisotopic (exact) mass is 525 g/mol. The third kappa shape index (κ3) is 29.8. The van der Waals surface area contributed by atoms with Gasteiger partial charge in [-0.1, -0.05) is 71.1 Å². The predicted octanol–water partition coefficient (Wildman–Crippen LogP) is 1.99. The summed E-state index contributed by atoms with van der Waals surface area (Å²) in [6.07, 6.45) is 14.7. The first-order valence-corrected chi connectivity index (χ1v) is 12.6. The molecule has 0 aliphatic rings. The molecule has 0 saturated carbocycles. The fraction of sp³-hybridized carbons (Fsp3) is 0.960. The molecule has 0 N–H and O–H groups in total. The lowest BCUT2D eigenvalue weighted by Gasteiger charge is -2.23. The fourth-order valence-electron chi connectivity index (χ4n) is 3.10. The highest BCUT2D eigenvalue weighted by Gasteiger charge is 2.05. The third-order valence-corrected chi connectivity index (χ3v) is 5.13. The van der Waals surface area contributed by atoms with Crippen LogP contribution in [0.5, 0.6) is 0 Å². The minimum atomic E-state index is -0.109. The molecule has 0 fully saturated rings. The lowest BCUT2D eigenvalue weighted by Crippen LogP contribution is -3.00. The summed E-state index contributed by atoms with van der Waals surface area (Å²) in [6.45, 7) is 6.97. The van der Waals surface area contributed by atoms with E-state index in [0.717, 1.165) is 30.5 Å². The number of likely N-dealkylation sites (N-methyl/N-ethyl adjacent to an activating group) is 1. The first kappa shape index (κ1) is 34.0. The maximum Gasteiger partial charge on any atom is 0.305 e. The molecule has 0 amide bonds. The molecule has 0 radical (unpaired) electrons. The van der Waals surface area contributed by atoms with E-state index in [4.69, 9.17) is 18.9 Å². The Hall–Kier alpha value is -0.210. The van der Waals surface area contributed by atoms with E-state index in [1.54, 1.807) is 0 Å². The molecule has 0 aliphatic heterocycles. The van der Waals surface area contributed by atoms with Gasteiger partial charge in [0.05, 0.1) is 60.8 Å². The SMILES string of the molecule is CCCCCCCCCCCCCC(=O)OCCOCCOCCOCC[N+](C)(C)C.[Br-]. The van der Waals surface area contributed by atoms with Crippen LogP contribution < -0.4 is 17.0 Å². The second-order valence-electron chi connectivity index (χ2n) is 9.36. The Bertz CT molecular complexity index is 391. The van der Waals surface area contributed by atoms with E-state index in [1.807, 2.05) is 0 Å². The molecular weight excluding hydrogens is 474 g/mol. The van der Waals surface area contributed by atoms with Gasteiger partial charge in [0.25, 0.3) is 0 Å². The molecule has 0 saturated heterocycles. The first-order valence-electron chi connectivity index (χ1n) is 12.6. The summed E-state index contributed by atoms with van der Waals surface area (Å²) >= 11 is 0. The summed E-state index contributed by atoms with van der Waals surface area (Å²) in [7, 11) is 6.44. The van der Waals surface area contributed by atoms with Gasteiger partial charge in [-0.15, -0.1) is 0 Å². The van der Waals surface area contributed by atoms with Crippen LogP contribution in [0.25, 0.3) is 0 Å². The maximum atomic E-state index is 11.7. The Morgan fingerprint density at radius 1 is 0.594 bits per heavy atom. The molecule has 0 aromatic carbocycles. The molecule has 0 unspecified atom stereocenters. The van der Waals surface area contributed by atoms with Gasteiger partial charge in [-0.25, -0.2) is 0 Å². The summed E-state index contributed by atoms with van der Waals surface area (Å²) in [5, 5.41) is 0. The standard InChI is InChI=1S/C25H52NO5.BrH/c1-5-6-7-8-9-10-11-12-13-14-15-16-25(27)31-24-23-30-22-21-29-20-19-28-18-17-26(2,3)4;/h5-24H2,1-4H3;1H/q+1;/p-1. The molecule has 0 spiro atoms. The van der Waals surface area contributed by atoms with Crippen LogP contribution >= 0.6 is 0 Å². The van der Waals surface area contributed by atoms with Gasteiger partial charge in [0, 0.05) is 6.42 Å². The van der Waals surface area contributed by atoms with Crippen LogP contribution in [0.15, 0.2) is 0 Å². The number of hydrogen-bond acceptors (Lipinski definition) is 5. The zero-order valence-corrected chi connectivity index (χ0v) is 23.1. The number of halogens is 1. The lowest BCUT2D eigenvalue weighted by molar-refractivity contribution is -0.870. The number of rotatable bonds is 24. The Morgan fingerprint density at radius 2 is 1.00 bits per heavy atom. The van der Waals surface area contributed by atoms with Gasteiger partial charge in [0.15, 0.2) is 0 Å². The van der Waals surface area contributed by atoms with Crippen LogP contribution in [0.3, 0.4) is 0 Å². The number of esters is 1. The summed E-state index contributed by atoms with van der Waals surface area (Å²) in [6, 6.07) is 0. The minimum Gasteiger partial charge on any atom is -1.00 e. The van der Waals surface area contributed by atoms with Gasteiger partial charge in [0.1, 0.15) is 13.2 Å². The summed E-state index contributed by atoms with van der Waals surface area (Å²) in [5.74, 6) is -0.109. The van der Waals surface area contributed by atoms with Crippen molar-refractivity contribution in [3.63, 3.8) is 0 Å². The van der Waals surface area contributed by atoms with Crippen molar-refractivity contribution in [3.8, 4) is 0 Å². The predicted molar refractivity (Wildman–Crippen MR) is 127 cm³/mol. The van der Waals surface area contributed by atoms with Crippen LogP contribution in [0.2, 0.25) is 0 Å². The average molecular weight is 527 g/mol. The Labute approximate surface area is 209 Å². The zero-order chi connectivity index (χ0) is 23.0. The topological polar surface area (TPSA) is 54.0 Å². The highest BCUT2D eigenvalue weighted by atomic mass is 79.9. The maximum absolute atomic E-state index is 11.7. The molecule has 0 heterocycles. The van der Waals surface area contributed by atoms with Crippen molar-refractivity contribution in [2.75, 3.05) is 73.9 Å². The van der Waals surface area contributed by atoms with E-state index in [-0.39, 0.29) is 23.0 Å². The Balaban J connectivity index is 0. The van der Waals surface area contributed by atoms with Crippen LogP contribution in [-0.4, -0.2) is 84.4 Å². The summed E-state index contributed by atoms with van der Waals surface area (Å²) < 4.78 is 22.5. The second kappa shape index (κ2) is 25.4. The molecular formula is C25H52BrNO5. The number of hydrogen-bond donors (Lipinski definition) is 0. The number of nitrogens with zero attached hydrogens (tertiary/aromatic N) is 1. The van der Waals surface area contributed by atoms with Crippen LogP contribution in [0.1, 0.15) is 84.0 Å². The number of carbonyl (C=O) groups excluding carboxylic acids is 1. The fourth-order valence-corrected chi connectivity index (χ4v) is 3.10. The average Bonchev–Trinajstić information content (AvgIpc) is 2.72. The van der Waals surface area contributed by atoms with Gasteiger partial charge in [-0.05, 0) is 6.42 Å². The second-order valence-corrected chi connectivity index (χ2v) is 9.36. The van der Waals surface area contributed by atoms with E-state index in [1.165, 1.54) is 57.8 Å². The number of quaternary nitrogens is 1. The molecule has 0 aromatic heterocycles. The van der Waals surface area contributed by atoms with Crippen LogP contribution in [0.4, 0.5) is 0 Å². The molecule has 0 bridgehead atoms. The van der Waals surface area contributed by atoms with Gasteiger partial charge < -0.3 is 40.4 Å². The highest BCUT2D eigenvalue weighted by Crippen LogP contribution is 2.12. The molecule has 0 atom stereocenters. The van der Waals surface area contributed by atoms with E-state index in [2.05, 4.69) is 28.1 Å². The van der Waals surface area contributed by atoms with Gasteiger partial charge >= 0.3 is 5.97 Å². The third-order valence-electron chi connectivity index (χ3n) is 5.13. The van der Waals surface area contributed by atoms with E-state index < -0.39 is 0 Å². The number of unbranched alkanes of at least 4 members (excludes halogenated alkanes) is 10. The van der Waals surface area contributed by atoms with E-state index in [0.29, 0.717) is 46.1 Å². The van der Waals surface area contributed by atoms with Crippen molar-refractivity contribution in [1.29, 1.82) is 0 Å². The van der Waals surface area contributed by atoms with Crippen molar-refractivity contribution < 1.29 is 45.2 Å². The Morgan fingerprint density at radius 3 is 1.47 bits per heavy atom. The number of ether oxygens (including phenoxy) is 4. The molecule has 0 aromatic rings. The van der Waals surface area contributed by atoms with Crippen molar-refractivity contribution in [2.45, 2.75) is 84.0 Å². The van der Waals surface area contributed by atoms with Gasteiger partial charge in [0.2, 0.25) is 0 Å². The summed E-state index contributed by atoms with van der Waals surface area (Å²) in [4.78, 5) is 11.7. The van der Waals surface area contributed by atoms with E-state index in [9.17, 15) is 4.79 Å². The van der Waals surface area contributed by atoms with Crippen molar-refractivity contribution in [3.05, 3.63) is 0 Å². The van der Waals surface area contributed by atoms with Crippen molar-refractivity contribution in [1.82, 2.24) is 0 Å². The van der Waals surface area contributed by atoms with Gasteiger partial charge in [-0.3, -0.25) is 4.79 Å². The normalized spacial score (nSPS) is 11.4.